The molecule has 1 unspecified atom stereocenters. The smallest absolute Gasteiger partial charge is 0.222 e. The number of benzene rings is 1. The summed E-state index contributed by atoms with van der Waals surface area (Å²) in [6.45, 7) is 5.41. The van der Waals surface area contributed by atoms with Gasteiger partial charge >= 0.3 is 0 Å². The summed E-state index contributed by atoms with van der Waals surface area (Å²) in [7, 11) is 0. The third-order valence-corrected chi connectivity index (χ3v) is 4.54. The van der Waals surface area contributed by atoms with Crippen LogP contribution >= 0.6 is 0 Å². The summed E-state index contributed by atoms with van der Waals surface area (Å²) in [6, 6.07) is 10.1. The molecule has 1 fully saturated rings. The van der Waals surface area contributed by atoms with Crippen molar-refractivity contribution in [2.24, 2.45) is 5.92 Å². The highest BCUT2D eigenvalue weighted by atomic mass is 16.3. The van der Waals surface area contributed by atoms with Crippen LogP contribution in [0.2, 0.25) is 0 Å². The molecular weight excluding hydrogens is 302 g/mol. The Morgan fingerprint density at radius 1 is 1.42 bits per heavy atom. The minimum absolute atomic E-state index is 0.00725. The SMILES string of the molecule is CC(C)C(=O)NC1CCCN(c2nc3ccccc3cc2CO)C1. The molecular formula is C19H25N3O2. The first-order valence-electron chi connectivity index (χ1n) is 8.63. The van der Waals surface area contributed by atoms with Gasteiger partial charge in [0, 0.05) is 36.0 Å². The number of carbonyl (C=O) groups is 1. The Kier molecular flexibility index (Phi) is 5.00. The van der Waals surface area contributed by atoms with Crippen molar-refractivity contribution in [3.8, 4) is 0 Å². The highest BCUT2D eigenvalue weighted by Crippen LogP contribution is 2.26. The van der Waals surface area contributed by atoms with Crippen LogP contribution in [0.4, 0.5) is 5.82 Å². The molecule has 1 saturated heterocycles. The van der Waals surface area contributed by atoms with Gasteiger partial charge in [-0.15, -0.1) is 0 Å². The molecule has 1 atom stereocenters. The molecule has 0 radical (unpaired) electrons. The van der Waals surface area contributed by atoms with Crippen LogP contribution < -0.4 is 10.2 Å². The van der Waals surface area contributed by atoms with Crippen molar-refractivity contribution in [3.05, 3.63) is 35.9 Å². The lowest BCUT2D eigenvalue weighted by Gasteiger charge is -2.35. The van der Waals surface area contributed by atoms with Gasteiger partial charge in [-0.05, 0) is 25.0 Å². The van der Waals surface area contributed by atoms with Crippen LogP contribution in [0.3, 0.4) is 0 Å². The van der Waals surface area contributed by atoms with E-state index in [1.165, 1.54) is 0 Å². The number of piperidine rings is 1. The van der Waals surface area contributed by atoms with Gasteiger partial charge in [0.1, 0.15) is 5.82 Å². The molecule has 2 aromatic rings. The maximum Gasteiger partial charge on any atom is 0.222 e. The van der Waals surface area contributed by atoms with Crippen LogP contribution in [0, 0.1) is 5.92 Å². The average Bonchev–Trinajstić information content (AvgIpc) is 2.60. The average molecular weight is 327 g/mol. The number of rotatable bonds is 4. The van der Waals surface area contributed by atoms with Crippen molar-refractivity contribution < 1.29 is 9.90 Å². The number of fused-ring (bicyclic) bond motifs is 1. The molecule has 0 spiro atoms. The first kappa shape index (κ1) is 16.7. The Morgan fingerprint density at radius 3 is 2.96 bits per heavy atom. The summed E-state index contributed by atoms with van der Waals surface area (Å²) in [5.74, 6) is 0.919. The molecule has 5 heteroatoms. The summed E-state index contributed by atoms with van der Waals surface area (Å²) in [4.78, 5) is 18.9. The third-order valence-electron chi connectivity index (χ3n) is 4.54. The Bertz CT molecular complexity index is 730. The van der Waals surface area contributed by atoms with Gasteiger partial charge < -0.3 is 15.3 Å². The fraction of sp³-hybridized carbons (Fsp3) is 0.474. The van der Waals surface area contributed by atoms with Crippen LogP contribution in [0.1, 0.15) is 32.3 Å². The van der Waals surface area contributed by atoms with E-state index in [-0.39, 0.29) is 24.5 Å². The van der Waals surface area contributed by atoms with E-state index in [0.29, 0.717) is 0 Å². The first-order valence-corrected chi connectivity index (χ1v) is 8.63. The number of amides is 1. The number of aliphatic hydroxyl groups excluding tert-OH is 1. The molecule has 0 saturated carbocycles. The van der Waals surface area contributed by atoms with Gasteiger partial charge in [0.05, 0.1) is 12.1 Å². The number of nitrogens with one attached hydrogen (secondary N) is 1. The van der Waals surface area contributed by atoms with Crippen LogP contribution in [-0.4, -0.2) is 35.1 Å². The number of nitrogens with zero attached hydrogens (tertiary/aromatic N) is 2. The Morgan fingerprint density at radius 2 is 2.21 bits per heavy atom. The zero-order valence-corrected chi connectivity index (χ0v) is 14.3. The molecule has 24 heavy (non-hydrogen) atoms. The van der Waals surface area contributed by atoms with E-state index in [9.17, 15) is 9.90 Å². The van der Waals surface area contributed by atoms with Gasteiger partial charge in [0.25, 0.3) is 0 Å². The molecule has 3 rings (SSSR count). The second-order valence-corrected chi connectivity index (χ2v) is 6.77. The molecule has 5 nitrogen and oxygen atoms in total. The summed E-state index contributed by atoms with van der Waals surface area (Å²) >= 11 is 0. The number of para-hydroxylation sites is 1. The molecule has 1 aliphatic heterocycles. The molecule has 1 aliphatic rings. The third kappa shape index (κ3) is 3.51. The summed E-state index contributed by atoms with van der Waals surface area (Å²) in [5, 5.41) is 13.9. The van der Waals surface area contributed by atoms with E-state index < -0.39 is 0 Å². The molecule has 0 bridgehead atoms. The molecule has 0 aliphatic carbocycles. The van der Waals surface area contributed by atoms with E-state index in [4.69, 9.17) is 4.98 Å². The Hall–Kier alpha value is -2.14. The zero-order chi connectivity index (χ0) is 17.1. The standard InChI is InChI=1S/C19H25N3O2/c1-13(2)19(24)20-16-7-5-9-22(11-16)18-15(12-23)10-14-6-3-4-8-17(14)21-18/h3-4,6,8,10,13,16,23H,5,7,9,11-12H2,1-2H3,(H,20,24). The minimum Gasteiger partial charge on any atom is -0.392 e. The zero-order valence-electron chi connectivity index (χ0n) is 14.3. The van der Waals surface area contributed by atoms with Gasteiger partial charge in [-0.2, -0.15) is 0 Å². The van der Waals surface area contributed by atoms with Crippen molar-refractivity contribution in [1.82, 2.24) is 10.3 Å². The van der Waals surface area contributed by atoms with Crippen LogP contribution in [0.15, 0.2) is 30.3 Å². The highest BCUT2D eigenvalue weighted by Gasteiger charge is 2.24. The normalized spacial score (nSPS) is 18.2. The topological polar surface area (TPSA) is 65.5 Å². The van der Waals surface area contributed by atoms with Crippen LogP contribution in [-0.2, 0) is 11.4 Å². The Balaban J connectivity index is 1.84. The lowest BCUT2D eigenvalue weighted by Crippen LogP contribution is -2.49. The number of pyridine rings is 1. The number of anilines is 1. The van der Waals surface area contributed by atoms with E-state index in [1.807, 2.05) is 44.2 Å². The molecule has 128 valence electrons. The van der Waals surface area contributed by atoms with Gasteiger partial charge in [0.2, 0.25) is 5.91 Å². The summed E-state index contributed by atoms with van der Waals surface area (Å²) < 4.78 is 0. The van der Waals surface area contributed by atoms with Gasteiger partial charge in [-0.1, -0.05) is 32.0 Å². The highest BCUT2D eigenvalue weighted by molar-refractivity contribution is 5.82. The van der Waals surface area contributed by atoms with Crippen molar-refractivity contribution >= 4 is 22.6 Å². The second-order valence-electron chi connectivity index (χ2n) is 6.77. The van der Waals surface area contributed by atoms with Crippen LogP contribution in [0.5, 0.6) is 0 Å². The number of aromatic nitrogens is 1. The van der Waals surface area contributed by atoms with Crippen molar-refractivity contribution in [1.29, 1.82) is 0 Å². The summed E-state index contributed by atoms with van der Waals surface area (Å²) in [6.07, 6.45) is 1.99. The van der Waals surface area contributed by atoms with Gasteiger partial charge in [-0.3, -0.25) is 4.79 Å². The molecule has 1 aromatic carbocycles. The minimum atomic E-state index is -0.0350. The molecule has 2 heterocycles. The number of hydrogen-bond donors (Lipinski definition) is 2. The monoisotopic (exact) mass is 327 g/mol. The maximum absolute atomic E-state index is 12.0. The van der Waals surface area contributed by atoms with E-state index in [1.54, 1.807) is 0 Å². The number of hydrogen-bond acceptors (Lipinski definition) is 4. The predicted molar refractivity (Wildman–Crippen MR) is 95.9 cm³/mol. The van der Waals surface area contributed by atoms with Crippen LogP contribution in [0.25, 0.3) is 10.9 Å². The van der Waals surface area contributed by atoms with E-state index >= 15 is 0 Å². The number of carbonyl (C=O) groups excluding carboxylic acids is 1. The fourth-order valence-corrected chi connectivity index (χ4v) is 3.19. The predicted octanol–water partition coefficient (Wildman–Crippen LogP) is 2.47. The van der Waals surface area contributed by atoms with Crippen molar-refractivity contribution in [3.63, 3.8) is 0 Å². The van der Waals surface area contributed by atoms with E-state index in [2.05, 4.69) is 10.2 Å². The fourth-order valence-electron chi connectivity index (χ4n) is 3.19. The molecule has 2 N–H and O–H groups in total. The van der Waals surface area contributed by atoms with Gasteiger partial charge in [-0.25, -0.2) is 4.98 Å². The molecule has 1 amide bonds. The van der Waals surface area contributed by atoms with Gasteiger partial charge in [0.15, 0.2) is 0 Å². The second kappa shape index (κ2) is 7.18. The number of aliphatic hydroxyl groups is 1. The lowest BCUT2D eigenvalue weighted by molar-refractivity contribution is -0.124. The van der Waals surface area contributed by atoms with Crippen molar-refractivity contribution in [2.75, 3.05) is 18.0 Å². The summed E-state index contributed by atoms with van der Waals surface area (Å²) in [5.41, 5.74) is 1.77. The lowest BCUT2D eigenvalue weighted by atomic mass is 10.0. The van der Waals surface area contributed by atoms with E-state index in [0.717, 1.165) is 48.2 Å². The largest absolute Gasteiger partial charge is 0.392 e. The Labute approximate surface area is 142 Å². The maximum atomic E-state index is 12.0. The first-order chi connectivity index (χ1) is 11.6. The van der Waals surface area contributed by atoms with Crippen molar-refractivity contribution in [2.45, 2.75) is 39.3 Å². The quantitative estimate of drug-likeness (QED) is 0.905. The molecule has 1 aromatic heterocycles.